The minimum absolute atomic E-state index is 0.0387. The SMILES string of the molecule is COc1cc(OC)cc(C(=O)c2ccc(C(=O)O)[nH]2)c1. The van der Waals surface area contributed by atoms with Crippen molar-refractivity contribution < 1.29 is 24.2 Å². The van der Waals surface area contributed by atoms with Gasteiger partial charge in [0.05, 0.1) is 19.9 Å². The van der Waals surface area contributed by atoms with E-state index in [0.29, 0.717) is 17.1 Å². The zero-order chi connectivity index (χ0) is 14.7. The molecule has 20 heavy (non-hydrogen) atoms. The molecule has 1 aromatic carbocycles. The Bertz CT molecular complexity index is 637. The van der Waals surface area contributed by atoms with Crippen molar-refractivity contribution >= 4 is 11.8 Å². The van der Waals surface area contributed by atoms with E-state index in [1.807, 2.05) is 0 Å². The number of carboxylic acids is 1. The highest BCUT2D eigenvalue weighted by atomic mass is 16.5. The number of benzene rings is 1. The fourth-order valence-electron chi connectivity index (χ4n) is 1.75. The van der Waals surface area contributed by atoms with Crippen molar-refractivity contribution in [2.45, 2.75) is 0 Å². The normalized spacial score (nSPS) is 10.1. The summed E-state index contributed by atoms with van der Waals surface area (Å²) < 4.78 is 10.2. The zero-order valence-corrected chi connectivity index (χ0v) is 11.0. The van der Waals surface area contributed by atoms with Crippen LogP contribution in [0.4, 0.5) is 0 Å². The standard InChI is InChI=1S/C14H13NO5/c1-19-9-5-8(6-10(7-9)20-2)13(16)11-3-4-12(15-11)14(17)18/h3-7,15H,1-2H3,(H,17,18). The first-order chi connectivity index (χ1) is 9.55. The molecule has 0 atom stereocenters. The number of aromatic amines is 1. The number of carboxylic acid groups (broad SMARTS) is 1. The molecular weight excluding hydrogens is 262 g/mol. The number of H-pyrrole nitrogens is 1. The Balaban J connectivity index is 2.38. The first kappa shape index (κ1) is 13.7. The maximum Gasteiger partial charge on any atom is 0.352 e. The summed E-state index contributed by atoms with van der Waals surface area (Å²) in [6.45, 7) is 0. The van der Waals surface area contributed by atoms with Crippen molar-refractivity contribution in [3.05, 3.63) is 47.3 Å². The van der Waals surface area contributed by atoms with Gasteiger partial charge in [0.1, 0.15) is 17.2 Å². The van der Waals surface area contributed by atoms with E-state index in [-0.39, 0.29) is 17.2 Å². The molecule has 104 valence electrons. The summed E-state index contributed by atoms with van der Waals surface area (Å²) in [6, 6.07) is 7.54. The Morgan fingerprint density at radius 1 is 1.00 bits per heavy atom. The van der Waals surface area contributed by atoms with E-state index >= 15 is 0 Å². The minimum Gasteiger partial charge on any atom is -0.497 e. The smallest absolute Gasteiger partial charge is 0.352 e. The van der Waals surface area contributed by atoms with Gasteiger partial charge in [0, 0.05) is 11.6 Å². The highest BCUT2D eigenvalue weighted by molar-refractivity contribution is 6.09. The maximum atomic E-state index is 12.3. The zero-order valence-electron chi connectivity index (χ0n) is 11.0. The summed E-state index contributed by atoms with van der Waals surface area (Å²) >= 11 is 0. The number of hydrogen-bond donors (Lipinski definition) is 2. The number of ether oxygens (including phenoxy) is 2. The molecule has 2 rings (SSSR count). The van der Waals surface area contributed by atoms with E-state index in [0.717, 1.165) is 0 Å². The van der Waals surface area contributed by atoms with Gasteiger partial charge in [0.25, 0.3) is 0 Å². The second-order valence-corrected chi connectivity index (χ2v) is 4.02. The van der Waals surface area contributed by atoms with Crippen molar-refractivity contribution in [1.29, 1.82) is 0 Å². The molecule has 0 saturated carbocycles. The average Bonchev–Trinajstić information content (AvgIpc) is 2.95. The molecule has 1 aromatic heterocycles. The summed E-state index contributed by atoms with van der Waals surface area (Å²) in [6.07, 6.45) is 0. The first-order valence-electron chi connectivity index (χ1n) is 5.75. The molecule has 6 nitrogen and oxygen atoms in total. The van der Waals surface area contributed by atoms with Crippen LogP contribution in [0.1, 0.15) is 26.5 Å². The van der Waals surface area contributed by atoms with Gasteiger partial charge in [-0.15, -0.1) is 0 Å². The largest absolute Gasteiger partial charge is 0.497 e. The van der Waals surface area contributed by atoms with Crippen molar-refractivity contribution in [2.75, 3.05) is 14.2 Å². The van der Waals surface area contributed by atoms with E-state index in [2.05, 4.69) is 4.98 Å². The molecule has 0 aliphatic rings. The lowest BCUT2D eigenvalue weighted by molar-refractivity contribution is 0.0691. The summed E-state index contributed by atoms with van der Waals surface area (Å²) in [5.74, 6) is -0.489. The minimum atomic E-state index is -1.12. The molecule has 0 spiro atoms. The van der Waals surface area contributed by atoms with Gasteiger partial charge in [-0.1, -0.05) is 0 Å². The van der Waals surface area contributed by atoms with Crippen molar-refractivity contribution in [3.8, 4) is 11.5 Å². The molecule has 0 aliphatic heterocycles. The Kier molecular flexibility index (Phi) is 3.74. The number of nitrogens with one attached hydrogen (secondary N) is 1. The number of hydrogen-bond acceptors (Lipinski definition) is 4. The van der Waals surface area contributed by atoms with Gasteiger partial charge in [-0.05, 0) is 24.3 Å². The molecule has 0 amide bonds. The molecule has 2 N–H and O–H groups in total. The number of methoxy groups -OCH3 is 2. The molecule has 6 heteroatoms. The Hall–Kier alpha value is -2.76. The lowest BCUT2D eigenvalue weighted by atomic mass is 10.1. The molecular formula is C14H13NO5. The summed E-state index contributed by atoms with van der Waals surface area (Å²) in [4.78, 5) is 25.6. The molecule has 0 saturated heterocycles. The van der Waals surface area contributed by atoms with Gasteiger partial charge < -0.3 is 19.6 Å². The number of rotatable bonds is 5. The van der Waals surface area contributed by atoms with E-state index in [9.17, 15) is 9.59 Å². The number of carbonyl (C=O) groups excluding carboxylic acids is 1. The summed E-state index contributed by atoms with van der Waals surface area (Å²) in [5, 5.41) is 8.83. The number of aromatic carboxylic acids is 1. The fraction of sp³-hybridized carbons (Fsp3) is 0.143. The van der Waals surface area contributed by atoms with Crippen LogP contribution in [-0.2, 0) is 0 Å². The summed E-state index contributed by atoms with van der Waals surface area (Å²) in [5.41, 5.74) is 0.501. The van der Waals surface area contributed by atoms with E-state index < -0.39 is 5.97 Å². The Labute approximate surface area is 115 Å². The van der Waals surface area contributed by atoms with E-state index in [1.165, 1.54) is 26.4 Å². The van der Waals surface area contributed by atoms with Crippen LogP contribution in [0.3, 0.4) is 0 Å². The second kappa shape index (κ2) is 5.48. The lowest BCUT2D eigenvalue weighted by Crippen LogP contribution is -2.04. The van der Waals surface area contributed by atoms with Crippen LogP contribution in [0, 0.1) is 0 Å². The predicted molar refractivity (Wildman–Crippen MR) is 70.7 cm³/mol. The first-order valence-corrected chi connectivity index (χ1v) is 5.75. The molecule has 0 radical (unpaired) electrons. The highest BCUT2D eigenvalue weighted by Gasteiger charge is 2.15. The number of ketones is 1. The van der Waals surface area contributed by atoms with Crippen molar-refractivity contribution in [2.24, 2.45) is 0 Å². The third-order valence-electron chi connectivity index (χ3n) is 2.77. The average molecular weight is 275 g/mol. The van der Waals surface area contributed by atoms with Crippen LogP contribution in [0.5, 0.6) is 11.5 Å². The monoisotopic (exact) mass is 275 g/mol. The molecule has 0 unspecified atom stereocenters. The van der Waals surface area contributed by atoms with Gasteiger partial charge in [-0.25, -0.2) is 4.79 Å². The lowest BCUT2D eigenvalue weighted by Gasteiger charge is -2.07. The predicted octanol–water partition coefficient (Wildman–Crippen LogP) is 1.96. The molecule has 0 aliphatic carbocycles. The van der Waals surface area contributed by atoms with Crippen molar-refractivity contribution in [3.63, 3.8) is 0 Å². The maximum absolute atomic E-state index is 12.3. The number of aromatic nitrogens is 1. The van der Waals surface area contributed by atoms with Crippen LogP contribution in [0.25, 0.3) is 0 Å². The van der Waals surface area contributed by atoms with Crippen molar-refractivity contribution in [1.82, 2.24) is 4.98 Å². The second-order valence-electron chi connectivity index (χ2n) is 4.02. The van der Waals surface area contributed by atoms with Crippen LogP contribution in [-0.4, -0.2) is 36.1 Å². The molecule has 0 fully saturated rings. The topological polar surface area (TPSA) is 88.6 Å². The third kappa shape index (κ3) is 2.64. The molecule has 0 bridgehead atoms. The van der Waals surface area contributed by atoms with E-state index in [4.69, 9.17) is 14.6 Å². The van der Waals surface area contributed by atoms with Crippen LogP contribution >= 0.6 is 0 Å². The third-order valence-corrected chi connectivity index (χ3v) is 2.77. The highest BCUT2D eigenvalue weighted by Crippen LogP contribution is 2.24. The van der Waals surface area contributed by atoms with E-state index in [1.54, 1.807) is 18.2 Å². The van der Waals surface area contributed by atoms with Crippen LogP contribution in [0.2, 0.25) is 0 Å². The Morgan fingerprint density at radius 3 is 2.00 bits per heavy atom. The quantitative estimate of drug-likeness (QED) is 0.814. The molecule has 1 heterocycles. The number of carbonyl (C=O) groups is 2. The molecule has 2 aromatic rings. The van der Waals surface area contributed by atoms with Gasteiger partial charge >= 0.3 is 5.97 Å². The van der Waals surface area contributed by atoms with Crippen LogP contribution < -0.4 is 9.47 Å². The summed E-state index contributed by atoms with van der Waals surface area (Å²) in [7, 11) is 2.97. The van der Waals surface area contributed by atoms with Gasteiger partial charge in [0.15, 0.2) is 0 Å². The van der Waals surface area contributed by atoms with Gasteiger partial charge in [-0.2, -0.15) is 0 Å². The van der Waals surface area contributed by atoms with Gasteiger partial charge in [-0.3, -0.25) is 4.79 Å². The van der Waals surface area contributed by atoms with Crippen LogP contribution in [0.15, 0.2) is 30.3 Å². The van der Waals surface area contributed by atoms with Gasteiger partial charge in [0.2, 0.25) is 5.78 Å². The fourth-order valence-corrected chi connectivity index (χ4v) is 1.75. The Morgan fingerprint density at radius 2 is 1.55 bits per heavy atom.